The molecular weight excluding hydrogens is 993 g/mol. The molecule has 13 N–H and O–H groups in total. The van der Waals surface area contributed by atoms with E-state index in [0.29, 0.717) is 12.1 Å². The van der Waals surface area contributed by atoms with Crippen LogP contribution in [0.15, 0.2) is 60.8 Å². The number of nitrogens with two attached hydrogens (primary N) is 1. The summed E-state index contributed by atoms with van der Waals surface area (Å²) < 4.78 is 0. The average molecular weight is 1070 g/mol. The van der Waals surface area contributed by atoms with Gasteiger partial charge in [0.2, 0.25) is 47.3 Å². The van der Waals surface area contributed by atoms with E-state index in [0.717, 1.165) is 16.5 Å². The lowest BCUT2D eigenvalue weighted by Crippen LogP contribution is -2.59. The van der Waals surface area contributed by atoms with Gasteiger partial charge < -0.3 is 63.5 Å². The van der Waals surface area contributed by atoms with Crippen molar-refractivity contribution in [3.63, 3.8) is 0 Å². The van der Waals surface area contributed by atoms with Crippen LogP contribution in [0.3, 0.4) is 0 Å². The number of benzene rings is 2. The molecule has 0 fully saturated rings. The van der Waals surface area contributed by atoms with Crippen molar-refractivity contribution < 1.29 is 58.2 Å². The van der Waals surface area contributed by atoms with Crippen molar-refractivity contribution in [2.24, 2.45) is 35.3 Å². The topological polar surface area (TPSA) is 349 Å². The van der Waals surface area contributed by atoms with Crippen LogP contribution in [-0.2, 0) is 60.8 Å². The zero-order valence-corrected chi connectivity index (χ0v) is 45.9. The van der Waals surface area contributed by atoms with E-state index >= 15 is 0 Å². The lowest BCUT2D eigenvalue weighted by Gasteiger charge is -2.28. The monoisotopic (exact) mass is 1070 g/mol. The number of hydrogen-bond donors (Lipinski definition) is 12. The van der Waals surface area contributed by atoms with Gasteiger partial charge in [-0.05, 0) is 78.9 Å². The third-order valence-electron chi connectivity index (χ3n) is 12.5. The van der Waals surface area contributed by atoms with Crippen LogP contribution in [0.4, 0.5) is 0 Å². The van der Waals surface area contributed by atoms with Crippen molar-refractivity contribution in [3.8, 4) is 0 Å². The highest BCUT2D eigenvalue weighted by molar-refractivity contribution is 5.99. The summed E-state index contributed by atoms with van der Waals surface area (Å²) in [6.07, 6.45) is 1.05. The lowest BCUT2D eigenvalue weighted by molar-refractivity contribution is -0.144. The van der Waals surface area contributed by atoms with Gasteiger partial charge in [-0.15, -0.1) is 0 Å². The fraction of sp³-hybridized carbons (Fsp3) is 0.545. The van der Waals surface area contributed by atoms with Gasteiger partial charge >= 0.3 is 11.9 Å². The van der Waals surface area contributed by atoms with Gasteiger partial charge in [-0.3, -0.25) is 43.2 Å². The van der Waals surface area contributed by atoms with Crippen molar-refractivity contribution >= 4 is 70.1 Å². The molecule has 1 radical (unpaired) electrons. The van der Waals surface area contributed by atoms with Crippen LogP contribution in [0.1, 0.15) is 112 Å². The van der Waals surface area contributed by atoms with Gasteiger partial charge in [0.25, 0.3) is 0 Å². The number of rotatable bonds is 32. The number of carboxylic acids is 2. The smallest absolute Gasteiger partial charge is 0.326 e. The van der Waals surface area contributed by atoms with Crippen LogP contribution >= 0.6 is 0 Å². The molecule has 22 heteroatoms. The summed E-state index contributed by atoms with van der Waals surface area (Å²) in [6.45, 7) is 18.2. The SMILES string of the molecule is CC(C)CC(NC(=O)[CH]NC(=O)C(CCC(=O)O)NC(=O)C(Cc1c[nH]c2ccccc12)NC(=O)C(CC(C)C)NC(=O)C(CC(C)C)NC(=O)C(N)Cc1ccccc1)C(=O)NC(C(=O)NC(C(=O)O)C(C)C)C(C)C. The molecule has 0 aliphatic carbocycles. The summed E-state index contributed by atoms with van der Waals surface area (Å²) in [5.74, 6) is -10.3. The molecule has 8 unspecified atom stereocenters. The van der Waals surface area contributed by atoms with E-state index in [1.54, 1.807) is 65.9 Å². The van der Waals surface area contributed by atoms with Crippen LogP contribution in [-0.4, -0.2) is 123 Å². The zero-order chi connectivity index (χ0) is 57.7. The van der Waals surface area contributed by atoms with E-state index in [1.807, 2.05) is 64.1 Å². The van der Waals surface area contributed by atoms with Crippen molar-refractivity contribution in [2.45, 2.75) is 163 Å². The minimum atomic E-state index is -1.59. The van der Waals surface area contributed by atoms with Gasteiger partial charge in [0.1, 0.15) is 48.8 Å². The van der Waals surface area contributed by atoms with E-state index in [2.05, 4.69) is 47.5 Å². The molecule has 77 heavy (non-hydrogen) atoms. The fourth-order valence-corrected chi connectivity index (χ4v) is 8.43. The maximum absolute atomic E-state index is 14.5. The molecule has 423 valence electrons. The summed E-state index contributed by atoms with van der Waals surface area (Å²) in [5, 5.41) is 40.7. The summed E-state index contributed by atoms with van der Waals surface area (Å²) >= 11 is 0. The maximum Gasteiger partial charge on any atom is 0.326 e. The molecule has 1 aromatic heterocycles. The minimum absolute atomic E-state index is 0.0689. The first-order valence-corrected chi connectivity index (χ1v) is 26.2. The third-order valence-corrected chi connectivity index (χ3v) is 12.5. The molecular formula is C55H81N10O12. The summed E-state index contributed by atoms with van der Waals surface area (Å²) in [5.41, 5.74) is 8.41. The molecule has 22 nitrogen and oxygen atoms in total. The number of hydrogen-bond acceptors (Lipinski definition) is 11. The average Bonchev–Trinajstić information content (AvgIpc) is 3.76. The predicted octanol–water partition coefficient (Wildman–Crippen LogP) is 2.35. The Morgan fingerprint density at radius 1 is 0.519 bits per heavy atom. The van der Waals surface area contributed by atoms with E-state index in [1.165, 1.54) is 0 Å². The highest BCUT2D eigenvalue weighted by atomic mass is 16.4. The molecule has 8 amide bonds. The number of carbonyl (C=O) groups excluding carboxylic acids is 8. The van der Waals surface area contributed by atoms with E-state index < -0.39 is 132 Å². The number of nitrogens with one attached hydrogen (secondary N) is 9. The summed E-state index contributed by atoms with van der Waals surface area (Å²) in [7, 11) is 0. The van der Waals surface area contributed by atoms with Gasteiger partial charge in [-0.25, -0.2) is 4.79 Å². The molecule has 0 aliphatic heterocycles. The number of H-pyrrole nitrogens is 1. The molecule has 1 heterocycles. The third kappa shape index (κ3) is 21.7. The zero-order valence-electron chi connectivity index (χ0n) is 45.9. The standard InChI is InChI=1S/C55H81N10O12/c1-29(2)22-40(53(74)64-46(32(7)8)54(75)65-47(33(9)10)55(76)77)59-44(66)28-58-49(70)39(20-21-45(67)68)60-52(73)43(26-35-27-57-38-19-15-14-18-36(35)38)63-51(72)42(24-31(5)6)62-50(71)41(23-30(3)4)61-48(69)37(56)25-34-16-12-11-13-17-34/h11-19,27-33,37,39-43,46-47,57H,20-26,56H2,1-10H3,(H,58,70)(H,59,66)(H,60,73)(H,61,69)(H,62,71)(H,63,72)(H,64,74)(H,65,75)(H,67,68)(H,76,77). The first kappa shape index (κ1) is 63.9. The fourth-order valence-electron chi connectivity index (χ4n) is 8.43. The van der Waals surface area contributed by atoms with Gasteiger partial charge in [0.05, 0.1) is 6.04 Å². The number of carbonyl (C=O) groups is 10. The number of fused-ring (bicyclic) bond motifs is 1. The summed E-state index contributed by atoms with van der Waals surface area (Å²) in [4.78, 5) is 137. The van der Waals surface area contributed by atoms with Crippen LogP contribution in [0.5, 0.6) is 0 Å². The molecule has 3 rings (SSSR count). The van der Waals surface area contributed by atoms with E-state index in [9.17, 15) is 58.2 Å². The lowest BCUT2D eigenvalue weighted by atomic mass is 9.98. The Labute approximate surface area is 450 Å². The Morgan fingerprint density at radius 2 is 0.987 bits per heavy atom. The molecule has 2 aromatic carbocycles. The maximum atomic E-state index is 14.5. The molecule has 8 atom stereocenters. The largest absolute Gasteiger partial charge is 0.481 e. The second-order valence-electron chi connectivity index (χ2n) is 21.4. The van der Waals surface area contributed by atoms with Crippen LogP contribution in [0.25, 0.3) is 10.9 Å². The number of aromatic amines is 1. The van der Waals surface area contributed by atoms with Gasteiger partial charge in [0, 0.05) is 29.9 Å². The van der Waals surface area contributed by atoms with Gasteiger partial charge in [0.15, 0.2) is 0 Å². The van der Waals surface area contributed by atoms with Crippen molar-refractivity contribution in [1.29, 1.82) is 0 Å². The second-order valence-corrected chi connectivity index (χ2v) is 21.4. The molecule has 0 aliphatic rings. The highest BCUT2D eigenvalue weighted by Crippen LogP contribution is 2.20. The predicted molar refractivity (Wildman–Crippen MR) is 289 cm³/mol. The first-order chi connectivity index (χ1) is 36.2. The van der Waals surface area contributed by atoms with E-state index in [-0.39, 0.29) is 49.9 Å². The number of aliphatic carboxylic acids is 2. The summed E-state index contributed by atoms with van der Waals surface area (Å²) in [6, 6.07) is 6.38. The second kappa shape index (κ2) is 31.0. The Bertz CT molecular complexity index is 2490. The van der Waals surface area contributed by atoms with E-state index in [4.69, 9.17) is 5.73 Å². The Balaban J connectivity index is 1.87. The van der Waals surface area contributed by atoms with Gasteiger partial charge in [-0.2, -0.15) is 0 Å². The quantitative estimate of drug-likeness (QED) is 0.0428. The number of carboxylic acid groups (broad SMARTS) is 2. The molecule has 0 saturated heterocycles. The number of amides is 8. The molecule has 3 aromatic rings. The molecule has 0 saturated carbocycles. The van der Waals surface area contributed by atoms with Gasteiger partial charge in [-0.1, -0.05) is 118 Å². The Kier molecular flexibility index (Phi) is 25.7. The van der Waals surface area contributed by atoms with Crippen molar-refractivity contribution in [2.75, 3.05) is 0 Å². The minimum Gasteiger partial charge on any atom is -0.481 e. The number of para-hydroxylation sites is 1. The first-order valence-electron chi connectivity index (χ1n) is 26.2. The normalized spacial score (nSPS) is 14.6. The Morgan fingerprint density at radius 3 is 1.52 bits per heavy atom. The van der Waals surface area contributed by atoms with Crippen LogP contribution in [0.2, 0.25) is 0 Å². The highest BCUT2D eigenvalue weighted by Gasteiger charge is 2.35. The Hall–Kier alpha value is -7.36. The van der Waals surface area contributed by atoms with Crippen LogP contribution < -0.4 is 48.3 Å². The number of aromatic nitrogens is 1. The van der Waals surface area contributed by atoms with Crippen molar-refractivity contribution in [1.82, 2.24) is 47.5 Å². The molecule has 0 bridgehead atoms. The molecule has 0 spiro atoms. The van der Waals surface area contributed by atoms with Crippen molar-refractivity contribution in [3.05, 3.63) is 78.5 Å². The van der Waals surface area contributed by atoms with Crippen LogP contribution in [0, 0.1) is 36.1 Å².